The average Bonchev–Trinajstić information content (AvgIpc) is 2.39. The number of carbonyl (C=O) groups excluding carboxylic acids is 2. The number of hydrogen-bond acceptors (Lipinski definition) is 2. The molecular formula is C13H23ClN2O2. The van der Waals surface area contributed by atoms with Gasteiger partial charge >= 0.3 is 0 Å². The quantitative estimate of drug-likeness (QED) is 0.733. The highest BCUT2D eigenvalue weighted by Gasteiger charge is 2.28. The Morgan fingerprint density at radius 2 is 1.39 bits per heavy atom. The normalized spacial score (nSPS) is 18.1. The topological polar surface area (TPSA) is 40.6 Å². The lowest BCUT2D eigenvalue weighted by Crippen LogP contribution is -2.53. The van der Waals surface area contributed by atoms with Crippen molar-refractivity contribution in [1.82, 2.24) is 9.80 Å². The maximum Gasteiger partial charge on any atom is 0.240 e. The van der Waals surface area contributed by atoms with Crippen molar-refractivity contribution in [2.75, 3.05) is 26.2 Å². The molecule has 18 heavy (non-hydrogen) atoms. The van der Waals surface area contributed by atoms with E-state index in [1.54, 1.807) is 11.8 Å². The first-order valence-corrected chi connectivity index (χ1v) is 7.16. The molecule has 0 radical (unpaired) electrons. The number of nitrogens with zero attached hydrogens (tertiary/aromatic N) is 2. The largest absolute Gasteiger partial charge is 0.339 e. The SMILES string of the molecule is CCC(CC)C(=O)N1CCN(C(=O)C(C)Cl)CC1. The van der Waals surface area contributed by atoms with Gasteiger partial charge in [-0.15, -0.1) is 11.6 Å². The molecule has 1 heterocycles. The summed E-state index contributed by atoms with van der Waals surface area (Å²) in [5.41, 5.74) is 0. The van der Waals surface area contributed by atoms with Crippen molar-refractivity contribution in [2.45, 2.75) is 39.0 Å². The Balaban J connectivity index is 2.49. The molecule has 1 rings (SSSR count). The maximum atomic E-state index is 12.2. The molecule has 0 aromatic rings. The molecule has 1 atom stereocenters. The van der Waals surface area contributed by atoms with Crippen LogP contribution in [-0.2, 0) is 9.59 Å². The lowest BCUT2D eigenvalue weighted by molar-refractivity contribution is -0.142. The van der Waals surface area contributed by atoms with Gasteiger partial charge in [-0.1, -0.05) is 13.8 Å². The second-order valence-electron chi connectivity index (χ2n) is 4.78. The first-order valence-electron chi connectivity index (χ1n) is 6.72. The highest BCUT2D eigenvalue weighted by Crippen LogP contribution is 2.14. The maximum absolute atomic E-state index is 12.2. The van der Waals surface area contributed by atoms with Crippen molar-refractivity contribution in [3.05, 3.63) is 0 Å². The predicted molar refractivity (Wildman–Crippen MR) is 72.5 cm³/mol. The van der Waals surface area contributed by atoms with Crippen LogP contribution in [0.2, 0.25) is 0 Å². The van der Waals surface area contributed by atoms with Crippen molar-refractivity contribution >= 4 is 23.4 Å². The van der Waals surface area contributed by atoms with Gasteiger partial charge in [0, 0.05) is 32.1 Å². The first kappa shape index (κ1) is 15.3. The summed E-state index contributed by atoms with van der Waals surface area (Å²) in [6, 6.07) is 0. The van der Waals surface area contributed by atoms with Crippen LogP contribution in [-0.4, -0.2) is 53.2 Å². The zero-order valence-electron chi connectivity index (χ0n) is 11.5. The molecule has 0 aromatic heterocycles. The van der Waals surface area contributed by atoms with Gasteiger partial charge in [0.2, 0.25) is 11.8 Å². The van der Waals surface area contributed by atoms with Gasteiger partial charge in [-0.25, -0.2) is 0 Å². The predicted octanol–water partition coefficient (Wildman–Crippen LogP) is 1.72. The second kappa shape index (κ2) is 6.98. The zero-order valence-corrected chi connectivity index (χ0v) is 12.2. The van der Waals surface area contributed by atoms with E-state index in [4.69, 9.17) is 11.6 Å². The Kier molecular flexibility index (Phi) is 5.93. The van der Waals surface area contributed by atoms with Crippen LogP contribution in [0.5, 0.6) is 0 Å². The molecule has 0 bridgehead atoms. The number of carbonyl (C=O) groups is 2. The van der Waals surface area contributed by atoms with Gasteiger partial charge < -0.3 is 9.80 Å². The van der Waals surface area contributed by atoms with Crippen LogP contribution < -0.4 is 0 Å². The van der Waals surface area contributed by atoms with E-state index in [2.05, 4.69) is 0 Å². The summed E-state index contributed by atoms with van der Waals surface area (Å²) in [5, 5.41) is -0.480. The molecule has 5 heteroatoms. The van der Waals surface area contributed by atoms with Crippen molar-refractivity contribution in [3.63, 3.8) is 0 Å². The fourth-order valence-electron chi connectivity index (χ4n) is 2.29. The smallest absolute Gasteiger partial charge is 0.240 e. The van der Waals surface area contributed by atoms with Crippen LogP contribution in [0.15, 0.2) is 0 Å². The number of hydrogen-bond donors (Lipinski definition) is 0. The minimum atomic E-state index is -0.480. The molecule has 0 spiro atoms. The van der Waals surface area contributed by atoms with E-state index in [0.717, 1.165) is 12.8 Å². The molecule has 0 aliphatic carbocycles. The molecule has 1 aliphatic heterocycles. The third kappa shape index (κ3) is 3.61. The van der Waals surface area contributed by atoms with Crippen LogP contribution in [0.3, 0.4) is 0 Å². The molecule has 0 aromatic carbocycles. The van der Waals surface area contributed by atoms with Crippen molar-refractivity contribution in [1.29, 1.82) is 0 Å². The van der Waals surface area contributed by atoms with Crippen LogP contribution in [0.25, 0.3) is 0 Å². The minimum Gasteiger partial charge on any atom is -0.339 e. The van der Waals surface area contributed by atoms with E-state index < -0.39 is 5.38 Å². The minimum absolute atomic E-state index is 0.0358. The summed E-state index contributed by atoms with van der Waals surface area (Å²) < 4.78 is 0. The molecule has 1 aliphatic rings. The molecule has 1 unspecified atom stereocenters. The Hall–Kier alpha value is -0.770. The number of halogens is 1. The number of rotatable bonds is 4. The molecule has 1 saturated heterocycles. The summed E-state index contributed by atoms with van der Waals surface area (Å²) in [6.07, 6.45) is 1.76. The molecule has 0 N–H and O–H groups in total. The Morgan fingerprint density at radius 3 is 1.72 bits per heavy atom. The van der Waals surface area contributed by atoms with Gasteiger partial charge in [0.05, 0.1) is 0 Å². The highest BCUT2D eigenvalue weighted by molar-refractivity contribution is 6.30. The van der Waals surface area contributed by atoms with Gasteiger partial charge in [-0.05, 0) is 19.8 Å². The molecular weight excluding hydrogens is 252 g/mol. The van der Waals surface area contributed by atoms with Gasteiger partial charge in [0.25, 0.3) is 0 Å². The monoisotopic (exact) mass is 274 g/mol. The standard InChI is InChI=1S/C13H23ClN2O2/c1-4-11(5-2)13(18)16-8-6-15(7-9-16)12(17)10(3)14/h10-11H,4-9H2,1-3H3. The van der Waals surface area contributed by atoms with Gasteiger partial charge in [0.15, 0.2) is 0 Å². The van der Waals surface area contributed by atoms with Crippen LogP contribution in [0.1, 0.15) is 33.6 Å². The van der Waals surface area contributed by atoms with Crippen LogP contribution in [0, 0.1) is 5.92 Å². The van der Waals surface area contributed by atoms with Crippen LogP contribution in [0.4, 0.5) is 0 Å². The summed E-state index contributed by atoms with van der Waals surface area (Å²) >= 11 is 5.78. The van der Waals surface area contributed by atoms with Crippen molar-refractivity contribution in [2.24, 2.45) is 5.92 Å². The average molecular weight is 275 g/mol. The molecule has 1 fully saturated rings. The Morgan fingerprint density at radius 1 is 1.00 bits per heavy atom. The van der Waals surface area contributed by atoms with Crippen molar-refractivity contribution < 1.29 is 9.59 Å². The summed E-state index contributed by atoms with van der Waals surface area (Å²) in [7, 11) is 0. The first-order chi connectivity index (χ1) is 8.51. The van der Waals surface area contributed by atoms with E-state index in [9.17, 15) is 9.59 Å². The molecule has 0 saturated carbocycles. The zero-order chi connectivity index (χ0) is 13.7. The fraction of sp³-hybridized carbons (Fsp3) is 0.846. The van der Waals surface area contributed by atoms with E-state index in [-0.39, 0.29) is 17.7 Å². The highest BCUT2D eigenvalue weighted by atomic mass is 35.5. The Bertz CT molecular complexity index is 295. The number of alkyl halides is 1. The molecule has 4 nitrogen and oxygen atoms in total. The van der Waals surface area contributed by atoms with E-state index >= 15 is 0 Å². The second-order valence-corrected chi connectivity index (χ2v) is 5.43. The summed E-state index contributed by atoms with van der Waals surface area (Å²) in [4.78, 5) is 27.5. The van der Waals surface area contributed by atoms with E-state index in [1.807, 2.05) is 18.7 Å². The summed E-state index contributed by atoms with van der Waals surface area (Å²) in [5.74, 6) is 0.316. The van der Waals surface area contributed by atoms with Gasteiger partial charge in [0.1, 0.15) is 5.38 Å². The van der Waals surface area contributed by atoms with Crippen LogP contribution >= 0.6 is 11.6 Å². The molecule has 104 valence electrons. The fourth-order valence-corrected chi connectivity index (χ4v) is 2.43. The lowest BCUT2D eigenvalue weighted by atomic mass is 10.0. The lowest BCUT2D eigenvalue weighted by Gasteiger charge is -2.36. The van der Waals surface area contributed by atoms with Gasteiger partial charge in [-0.3, -0.25) is 9.59 Å². The number of piperazine rings is 1. The third-order valence-corrected chi connectivity index (χ3v) is 3.76. The summed E-state index contributed by atoms with van der Waals surface area (Å²) in [6.45, 7) is 8.23. The van der Waals surface area contributed by atoms with Gasteiger partial charge in [-0.2, -0.15) is 0 Å². The van der Waals surface area contributed by atoms with E-state index in [1.165, 1.54) is 0 Å². The number of amides is 2. The van der Waals surface area contributed by atoms with Crippen molar-refractivity contribution in [3.8, 4) is 0 Å². The molecule has 2 amide bonds. The van der Waals surface area contributed by atoms with E-state index in [0.29, 0.717) is 26.2 Å². The Labute approximate surface area is 114 Å². The third-order valence-electron chi connectivity index (χ3n) is 3.58.